The molecule has 0 heterocycles. The van der Waals surface area contributed by atoms with E-state index in [4.69, 9.17) is 0 Å². The maximum atomic E-state index is 12.8. The van der Waals surface area contributed by atoms with Crippen LogP contribution in [0.15, 0.2) is 24.3 Å². The summed E-state index contributed by atoms with van der Waals surface area (Å²) in [5.74, 6) is -0.170. The van der Waals surface area contributed by atoms with Crippen LogP contribution in [0.1, 0.15) is 19.3 Å². The third-order valence-electron chi connectivity index (χ3n) is 2.57. The molecule has 0 atom stereocenters. The number of carbonyl (C=O) groups excluding carboxylic acids is 1. The third-order valence-corrected chi connectivity index (χ3v) is 2.57. The van der Waals surface area contributed by atoms with Crippen LogP contribution in [0.2, 0.25) is 0 Å². The van der Waals surface area contributed by atoms with Gasteiger partial charge in [-0.25, -0.2) is 4.39 Å². The lowest BCUT2D eigenvalue weighted by Gasteiger charge is -2.23. The van der Waals surface area contributed by atoms with Gasteiger partial charge in [0.1, 0.15) is 5.82 Å². The zero-order chi connectivity index (χ0) is 9.97. The summed E-state index contributed by atoms with van der Waals surface area (Å²) in [7, 11) is 0. The molecule has 1 saturated carbocycles. The summed E-state index contributed by atoms with van der Waals surface area (Å²) in [6, 6.07) is 5.97. The second-order valence-electron chi connectivity index (χ2n) is 3.63. The summed E-state index contributed by atoms with van der Waals surface area (Å²) in [4.78, 5) is 11.5. The number of hydrogen-bond donors (Lipinski definition) is 1. The standard InChI is InChI=1S/C11H12FNO/c12-9-5-2-6-10(7-9)13-11(14)8-3-1-4-8/h2,5-8H,1,3-4H2,(H,13,14). The Balaban J connectivity index is 1.99. The molecule has 74 valence electrons. The number of benzene rings is 1. The van der Waals surface area contributed by atoms with Gasteiger partial charge in [-0.1, -0.05) is 12.5 Å². The summed E-state index contributed by atoms with van der Waals surface area (Å²) >= 11 is 0. The zero-order valence-electron chi connectivity index (χ0n) is 7.79. The largest absolute Gasteiger partial charge is 0.326 e. The van der Waals surface area contributed by atoms with Crippen molar-refractivity contribution in [2.75, 3.05) is 5.32 Å². The molecule has 0 aliphatic heterocycles. The summed E-state index contributed by atoms with van der Waals surface area (Å²) in [5, 5.41) is 2.71. The molecular weight excluding hydrogens is 181 g/mol. The van der Waals surface area contributed by atoms with Gasteiger partial charge in [0.15, 0.2) is 0 Å². The fourth-order valence-electron chi connectivity index (χ4n) is 1.48. The molecule has 0 aromatic heterocycles. The quantitative estimate of drug-likeness (QED) is 0.768. The molecule has 0 saturated heterocycles. The number of hydrogen-bond acceptors (Lipinski definition) is 1. The van der Waals surface area contributed by atoms with Crippen molar-refractivity contribution >= 4 is 11.6 Å². The molecule has 14 heavy (non-hydrogen) atoms. The van der Waals surface area contributed by atoms with Gasteiger partial charge in [0.05, 0.1) is 0 Å². The SMILES string of the molecule is O=C(Nc1cccc(F)c1)C1CCC1. The maximum Gasteiger partial charge on any atom is 0.227 e. The number of amides is 1. The number of carbonyl (C=O) groups is 1. The van der Waals surface area contributed by atoms with E-state index in [9.17, 15) is 9.18 Å². The van der Waals surface area contributed by atoms with Crippen LogP contribution in [-0.2, 0) is 4.79 Å². The molecule has 2 rings (SSSR count). The normalized spacial score (nSPS) is 16.1. The molecule has 0 radical (unpaired) electrons. The van der Waals surface area contributed by atoms with Gasteiger partial charge in [0.2, 0.25) is 5.91 Å². The predicted molar refractivity (Wildman–Crippen MR) is 52.4 cm³/mol. The monoisotopic (exact) mass is 193 g/mol. The highest BCUT2D eigenvalue weighted by atomic mass is 19.1. The molecule has 1 aliphatic carbocycles. The Morgan fingerprint density at radius 2 is 2.21 bits per heavy atom. The van der Waals surface area contributed by atoms with E-state index in [1.807, 2.05) is 0 Å². The van der Waals surface area contributed by atoms with Crippen molar-refractivity contribution < 1.29 is 9.18 Å². The number of halogens is 1. The lowest BCUT2D eigenvalue weighted by Crippen LogP contribution is -2.28. The van der Waals surface area contributed by atoms with Crippen LogP contribution in [-0.4, -0.2) is 5.91 Å². The van der Waals surface area contributed by atoms with E-state index in [1.165, 1.54) is 12.1 Å². The van der Waals surface area contributed by atoms with Gasteiger partial charge in [-0.2, -0.15) is 0 Å². The molecule has 1 aromatic rings. The minimum Gasteiger partial charge on any atom is -0.326 e. The lowest BCUT2D eigenvalue weighted by molar-refractivity contribution is -0.122. The molecule has 2 nitrogen and oxygen atoms in total. The maximum absolute atomic E-state index is 12.8. The van der Waals surface area contributed by atoms with Gasteiger partial charge in [0, 0.05) is 11.6 Å². The average Bonchev–Trinajstić information content (AvgIpc) is 1.99. The van der Waals surface area contributed by atoms with Crippen molar-refractivity contribution in [1.29, 1.82) is 0 Å². The van der Waals surface area contributed by atoms with E-state index in [0.29, 0.717) is 5.69 Å². The average molecular weight is 193 g/mol. The van der Waals surface area contributed by atoms with Gasteiger partial charge in [0.25, 0.3) is 0 Å². The Kier molecular flexibility index (Phi) is 2.48. The molecule has 1 N–H and O–H groups in total. The highest BCUT2D eigenvalue weighted by molar-refractivity contribution is 5.92. The van der Waals surface area contributed by atoms with Gasteiger partial charge < -0.3 is 5.32 Å². The molecular formula is C11H12FNO. The van der Waals surface area contributed by atoms with Gasteiger partial charge >= 0.3 is 0 Å². The van der Waals surface area contributed by atoms with Crippen LogP contribution in [0.3, 0.4) is 0 Å². The van der Waals surface area contributed by atoms with E-state index >= 15 is 0 Å². The van der Waals surface area contributed by atoms with E-state index in [-0.39, 0.29) is 17.6 Å². The van der Waals surface area contributed by atoms with Crippen LogP contribution >= 0.6 is 0 Å². The highest BCUT2D eigenvalue weighted by Gasteiger charge is 2.24. The van der Waals surface area contributed by atoms with Gasteiger partial charge in [-0.05, 0) is 31.0 Å². The topological polar surface area (TPSA) is 29.1 Å². The first-order chi connectivity index (χ1) is 6.75. The summed E-state index contributed by atoms with van der Waals surface area (Å²) in [5.41, 5.74) is 0.543. The van der Waals surface area contributed by atoms with Crippen molar-refractivity contribution in [3.8, 4) is 0 Å². The van der Waals surface area contributed by atoms with E-state index in [0.717, 1.165) is 19.3 Å². The lowest BCUT2D eigenvalue weighted by atomic mass is 9.85. The number of rotatable bonds is 2. The Bertz CT molecular complexity index is 347. The van der Waals surface area contributed by atoms with Gasteiger partial charge in [-0.15, -0.1) is 0 Å². The van der Waals surface area contributed by atoms with Crippen molar-refractivity contribution in [3.63, 3.8) is 0 Å². The Morgan fingerprint density at radius 1 is 1.43 bits per heavy atom. The Morgan fingerprint density at radius 3 is 2.79 bits per heavy atom. The van der Waals surface area contributed by atoms with Crippen molar-refractivity contribution in [3.05, 3.63) is 30.1 Å². The molecule has 1 aliphatic rings. The summed E-state index contributed by atoms with van der Waals surface area (Å²) < 4.78 is 12.8. The smallest absolute Gasteiger partial charge is 0.227 e. The van der Waals surface area contributed by atoms with Crippen LogP contribution < -0.4 is 5.32 Å². The zero-order valence-corrected chi connectivity index (χ0v) is 7.79. The van der Waals surface area contributed by atoms with Crippen LogP contribution in [0, 0.1) is 11.7 Å². The molecule has 1 fully saturated rings. The number of nitrogens with one attached hydrogen (secondary N) is 1. The van der Waals surface area contributed by atoms with Crippen molar-refractivity contribution in [1.82, 2.24) is 0 Å². The second-order valence-corrected chi connectivity index (χ2v) is 3.63. The Labute approximate surface area is 82.1 Å². The van der Waals surface area contributed by atoms with E-state index in [1.54, 1.807) is 12.1 Å². The molecule has 1 aromatic carbocycles. The summed E-state index contributed by atoms with van der Waals surface area (Å²) in [6.07, 6.45) is 3.05. The fraction of sp³-hybridized carbons (Fsp3) is 0.364. The fourth-order valence-corrected chi connectivity index (χ4v) is 1.48. The molecule has 0 spiro atoms. The van der Waals surface area contributed by atoms with Crippen LogP contribution in [0.25, 0.3) is 0 Å². The van der Waals surface area contributed by atoms with Crippen LogP contribution in [0.4, 0.5) is 10.1 Å². The predicted octanol–water partition coefficient (Wildman–Crippen LogP) is 2.56. The van der Waals surface area contributed by atoms with Crippen molar-refractivity contribution in [2.45, 2.75) is 19.3 Å². The molecule has 0 unspecified atom stereocenters. The van der Waals surface area contributed by atoms with E-state index < -0.39 is 0 Å². The minimum atomic E-state index is -0.323. The van der Waals surface area contributed by atoms with E-state index in [2.05, 4.69) is 5.32 Å². The highest BCUT2D eigenvalue weighted by Crippen LogP contribution is 2.27. The first kappa shape index (κ1) is 9.19. The number of anilines is 1. The first-order valence-corrected chi connectivity index (χ1v) is 4.82. The van der Waals surface area contributed by atoms with Gasteiger partial charge in [-0.3, -0.25) is 4.79 Å². The molecule has 3 heteroatoms. The second kappa shape index (κ2) is 3.78. The van der Waals surface area contributed by atoms with Crippen molar-refractivity contribution in [2.24, 2.45) is 5.92 Å². The Hall–Kier alpha value is -1.38. The summed E-state index contributed by atoms with van der Waals surface area (Å²) in [6.45, 7) is 0. The minimum absolute atomic E-state index is 0.0156. The van der Waals surface area contributed by atoms with Crippen LogP contribution in [0.5, 0.6) is 0 Å². The molecule has 0 bridgehead atoms. The first-order valence-electron chi connectivity index (χ1n) is 4.82. The molecule has 1 amide bonds. The third kappa shape index (κ3) is 1.92.